The van der Waals surface area contributed by atoms with Crippen molar-refractivity contribution in [3.05, 3.63) is 72.1 Å². The van der Waals surface area contributed by atoms with E-state index in [4.69, 9.17) is 0 Å². The molecule has 0 unspecified atom stereocenters. The van der Waals surface area contributed by atoms with Gasteiger partial charge in [0.1, 0.15) is 5.82 Å². The monoisotopic (exact) mass is 394 g/mol. The number of carboxylic acids is 1. The van der Waals surface area contributed by atoms with Gasteiger partial charge in [0, 0.05) is 5.69 Å². The topological polar surface area (TPSA) is 95.5 Å². The van der Waals surface area contributed by atoms with Crippen LogP contribution >= 0.6 is 0 Å². The molecule has 6 nitrogen and oxygen atoms in total. The van der Waals surface area contributed by atoms with Gasteiger partial charge in [-0.15, -0.1) is 0 Å². The number of carbonyl (C=O) groups excluding carboxylic acids is 2. The molecule has 0 heterocycles. The lowest BCUT2D eigenvalue weighted by Gasteiger charge is -2.24. The van der Waals surface area contributed by atoms with E-state index in [0.29, 0.717) is 17.8 Å². The lowest BCUT2D eigenvalue weighted by atomic mass is 9.82. The van der Waals surface area contributed by atoms with Crippen LogP contribution < -0.4 is 10.6 Å². The maximum Gasteiger partial charge on any atom is 0.307 e. The second kappa shape index (κ2) is 7.50. The first-order valence-electron chi connectivity index (χ1n) is 9.32. The van der Waals surface area contributed by atoms with Crippen molar-refractivity contribution in [3.63, 3.8) is 0 Å². The van der Waals surface area contributed by atoms with Gasteiger partial charge < -0.3 is 15.7 Å². The minimum absolute atomic E-state index is 0.110. The van der Waals surface area contributed by atoms with Crippen LogP contribution in [0.25, 0.3) is 0 Å². The molecule has 1 saturated carbocycles. The Kier molecular flexibility index (Phi) is 4.88. The summed E-state index contributed by atoms with van der Waals surface area (Å²) >= 11 is 0. The van der Waals surface area contributed by atoms with Gasteiger partial charge in [-0.1, -0.05) is 24.3 Å². The molecule has 0 aliphatic heterocycles. The predicted octanol–water partition coefficient (Wildman–Crippen LogP) is 3.54. The van der Waals surface area contributed by atoms with Crippen molar-refractivity contribution in [1.82, 2.24) is 0 Å². The fourth-order valence-electron chi connectivity index (χ4n) is 4.25. The van der Waals surface area contributed by atoms with E-state index in [9.17, 15) is 23.9 Å². The number of halogens is 1. The second-order valence-corrected chi connectivity index (χ2v) is 7.33. The van der Waals surface area contributed by atoms with Gasteiger partial charge in [-0.3, -0.25) is 14.4 Å². The number of benzene rings is 2. The van der Waals surface area contributed by atoms with Gasteiger partial charge >= 0.3 is 5.97 Å². The molecule has 0 saturated heterocycles. The van der Waals surface area contributed by atoms with E-state index >= 15 is 0 Å². The van der Waals surface area contributed by atoms with Crippen LogP contribution in [0.1, 0.15) is 16.8 Å². The average molecular weight is 394 g/mol. The highest BCUT2D eigenvalue weighted by Gasteiger charge is 2.51. The quantitative estimate of drug-likeness (QED) is 0.676. The molecule has 1 fully saturated rings. The Labute approximate surface area is 166 Å². The van der Waals surface area contributed by atoms with Gasteiger partial charge in [-0.05, 0) is 54.7 Å². The number of aliphatic carboxylic acids is 1. The Morgan fingerprint density at radius 1 is 0.897 bits per heavy atom. The number of hydrogen-bond acceptors (Lipinski definition) is 3. The Bertz CT molecular complexity index is 1000. The standard InChI is InChI=1S/C22H19FN2O4/c23-14-7-9-15(10-8-14)24-20(26)16-3-1-2-4-17(16)25-21(27)18-12-5-6-13(11-12)19(18)22(28)29/h1-10,12-13,18-19H,11H2,(H,24,26)(H,25,27)(H,28,29)/t12-,13-,18-,19-/m0/s1. The first kappa shape index (κ1) is 18.9. The van der Waals surface area contributed by atoms with Crippen LogP contribution in [0.5, 0.6) is 0 Å². The number of carbonyl (C=O) groups is 3. The van der Waals surface area contributed by atoms with E-state index in [0.717, 1.165) is 0 Å². The SMILES string of the molecule is O=C(Nc1ccc(F)cc1)c1ccccc1NC(=O)[C@@H]1[C@@H](C(=O)O)[C@H]2C=C[C@H]1C2. The maximum atomic E-state index is 13.0. The van der Waals surface area contributed by atoms with Crippen LogP contribution in [0.3, 0.4) is 0 Å². The number of carboxylic acid groups (broad SMARTS) is 1. The third kappa shape index (κ3) is 3.63. The molecule has 148 valence electrons. The molecule has 2 aliphatic carbocycles. The van der Waals surface area contributed by atoms with Crippen LogP contribution in [-0.2, 0) is 9.59 Å². The third-order valence-corrected chi connectivity index (χ3v) is 5.58. The van der Waals surface area contributed by atoms with Crippen LogP contribution in [0, 0.1) is 29.5 Å². The first-order valence-corrected chi connectivity index (χ1v) is 9.32. The molecular weight excluding hydrogens is 375 g/mol. The van der Waals surface area contributed by atoms with E-state index in [1.807, 2.05) is 12.2 Å². The summed E-state index contributed by atoms with van der Waals surface area (Å²) in [6.45, 7) is 0. The zero-order chi connectivity index (χ0) is 20.5. The molecule has 3 N–H and O–H groups in total. The Morgan fingerprint density at radius 2 is 1.55 bits per heavy atom. The molecule has 4 atom stereocenters. The number of amides is 2. The number of nitrogens with one attached hydrogen (secondary N) is 2. The average Bonchev–Trinajstić information content (AvgIpc) is 3.31. The molecule has 2 amide bonds. The Hall–Kier alpha value is -3.48. The Morgan fingerprint density at radius 3 is 2.24 bits per heavy atom. The number of para-hydroxylation sites is 1. The van der Waals surface area contributed by atoms with Gasteiger partial charge in [0.15, 0.2) is 0 Å². The third-order valence-electron chi connectivity index (χ3n) is 5.58. The lowest BCUT2D eigenvalue weighted by Crippen LogP contribution is -2.36. The molecule has 2 aromatic carbocycles. The largest absolute Gasteiger partial charge is 0.481 e. The highest BCUT2D eigenvalue weighted by molar-refractivity contribution is 6.10. The van der Waals surface area contributed by atoms with E-state index in [2.05, 4.69) is 10.6 Å². The number of allylic oxidation sites excluding steroid dienone is 2. The summed E-state index contributed by atoms with van der Waals surface area (Å²) in [4.78, 5) is 37.2. The zero-order valence-electron chi connectivity index (χ0n) is 15.3. The second-order valence-electron chi connectivity index (χ2n) is 7.33. The van der Waals surface area contributed by atoms with Crippen molar-refractivity contribution in [3.8, 4) is 0 Å². The predicted molar refractivity (Wildman–Crippen MR) is 105 cm³/mol. The summed E-state index contributed by atoms with van der Waals surface area (Å²) in [6.07, 6.45) is 4.43. The van der Waals surface area contributed by atoms with Gasteiger partial charge in [0.25, 0.3) is 5.91 Å². The number of rotatable bonds is 5. The molecule has 0 radical (unpaired) electrons. The first-order chi connectivity index (χ1) is 13.9. The lowest BCUT2D eigenvalue weighted by molar-refractivity contribution is -0.146. The van der Waals surface area contributed by atoms with Crippen molar-refractivity contribution >= 4 is 29.2 Å². The molecular formula is C22H19FN2O4. The fourth-order valence-corrected chi connectivity index (χ4v) is 4.25. The summed E-state index contributed by atoms with van der Waals surface area (Å²) in [6, 6.07) is 11.8. The fraction of sp³-hybridized carbons (Fsp3) is 0.227. The van der Waals surface area contributed by atoms with Gasteiger partial charge in [0.2, 0.25) is 5.91 Å². The molecule has 2 bridgehead atoms. The number of hydrogen-bond donors (Lipinski definition) is 3. The summed E-state index contributed by atoms with van der Waals surface area (Å²) in [7, 11) is 0. The zero-order valence-corrected chi connectivity index (χ0v) is 15.3. The maximum absolute atomic E-state index is 13.0. The molecule has 0 spiro atoms. The van der Waals surface area contributed by atoms with Gasteiger partial charge in [-0.2, -0.15) is 0 Å². The van der Waals surface area contributed by atoms with Crippen LogP contribution in [0.2, 0.25) is 0 Å². The molecule has 7 heteroatoms. The van der Waals surface area contributed by atoms with E-state index in [1.165, 1.54) is 24.3 Å². The van der Waals surface area contributed by atoms with Gasteiger partial charge in [-0.25, -0.2) is 4.39 Å². The molecule has 2 aliphatic rings. The van der Waals surface area contributed by atoms with E-state index in [-0.39, 0.29) is 17.4 Å². The Balaban J connectivity index is 1.53. The molecule has 29 heavy (non-hydrogen) atoms. The number of anilines is 2. The highest BCUT2D eigenvalue weighted by Crippen LogP contribution is 2.48. The minimum Gasteiger partial charge on any atom is -0.481 e. The summed E-state index contributed by atoms with van der Waals surface area (Å²) in [5.74, 6) is -3.94. The van der Waals surface area contributed by atoms with Crippen LogP contribution in [0.15, 0.2) is 60.7 Å². The van der Waals surface area contributed by atoms with Crippen LogP contribution in [-0.4, -0.2) is 22.9 Å². The van der Waals surface area contributed by atoms with Gasteiger partial charge in [0.05, 0.1) is 23.1 Å². The van der Waals surface area contributed by atoms with E-state index < -0.39 is 35.4 Å². The molecule has 0 aromatic heterocycles. The van der Waals surface area contributed by atoms with Crippen molar-refractivity contribution in [2.24, 2.45) is 23.7 Å². The summed E-state index contributed by atoms with van der Waals surface area (Å²) in [5, 5.41) is 14.9. The summed E-state index contributed by atoms with van der Waals surface area (Å²) < 4.78 is 13.0. The number of fused-ring (bicyclic) bond motifs is 2. The summed E-state index contributed by atoms with van der Waals surface area (Å²) in [5.41, 5.74) is 0.950. The normalized spacial score (nSPS) is 24.3. The minimum atomic E-state index is -0.982. The van der Waals surface area contributed by atoms with Crippen LogP contribution in [0.4, 0.5) is 15.8 Å². The molecule has 2 aromatic rings. The molecule has 4 rings (SSSR count). The van der Waals surface area contributed by atoms with Crippen molar-refractivity contribution in [1.29, 1.82) is 0 Å². The van der Waals surface area contributed by atoms with Crippen molar-refractivity contribution < 1.29 is 23.9 Å². The van der Waals surface area contributed by atoms with E-state index in [1.54, 1.807) is 24.3 Å². The van der Waals surface area contributed by atoms with Crippen molar-refractivity contribution in [2.75, 3.05) is 10.6 Å². The highest BCUT2D eigenvalue weighted by atomic mass is 19.1. The van der Waals surface area contributed by atoms with Crippen molar-refractivity contribution in [2.45, 2.75) is 6.42 Å². The smallest absolute Gasteiger partial charge is 0.307 e.